The van der Waals surface area contributed by atoms with Gasteiger partial charge in [0.1, 0.15) is 5.60 Å². The molecule has 0 aromatic carbocycles. The molecule has 1 heterocycles. The number of rotatable bonds is 1. The Morgan fingerprint density at radius 2 is 2.00 bits per heavy atom. The average Bonchev–Trinajstić information content (AvgIpc) is 2.01. The summed E-state index contributed by atoms with van der Waals surface area (Å²) in [6, 6.07) is 0.185. The van der Waals surface area contributed by atoms with Crippen LogP contribution in [0.4, 0.5) is 4.79 Å². The van der Waals surface area contributed by atoms with Crippen LogP contribution >= 0.6 is 0 Å². The summed E-state index contributed by atoms with van der Waals surface area (Å²) >= 11 is 0. The third-order valence-electron chi connectivity index (χ3n) is 2.40. The van der Waals surface area contributed by atoms with Crippen LogP contribution < -0.4 is 0 Å². The van der Waals surface area contributed by atoms with Crippen molar-refractivity contribution in [1.82, 2.24) is 4.90 Å². The molecule has 1 aliphatic rings. The molecule has 1 amide bonds. The molecule has 1 aliphatic heterocycles. The van der Waals surface area contributed by atoms with E-state index in [-0.39, 0.29) is 17.7 Å². The van der Waals surface area contributed by atoms with Crippen molar-refractivity contribution in [2.75, 3.05) is 7.05 Å². The van der Waals surface area contributed by atoms with Crippen LogP contribution in [0.1, 0.15) is 27.7 Å². The third-order valence-corrected chi connectivity index (χ3v) is 2.40. The fraction of sp³-hybridized carbons (Fsp3) is 0.889. The van der Waals surface area contributed by atoms with Crippen LogP contribution in [0.3, 0.4) is 0 Å². The molecule has 0 aliphatic carbocycles. The van der Waals surface area contributed by atoms with Crippen LogP contribution in [0.5, 0.6) is 0 Å². The standard InChI is InChI=1S/C9H17NO2/c1-6(2)7-9(3,4)12-8(11)10(7)5/h6-7H,1-5H3/t7-/m0/s1. The minimum atomic E-state index is -0.347. The van der Waals surface area contributed by atoms with E-state index in [0.29, 0.717) is 5.92 Å². The first-order valence-electron chi connectivity index (χ1n) is 4.32. The van der Waals surface area contributed by atoms with Crippen molar-refractivity contribution in [3.8, 4) is 0 Å². The van der Waals surface area contributed by atoms with Crippen LogP contribution in [0.15, 0.2) is 0 Å². The summed E-state index contributed by atoms with van der Waals surface area (Å²) in [5.74, 6) is 0.427. The maximum atomic E-state index is 11.2. The molecule has 12 heavy (non-hydrogen) atoms. The number of cyclic esters (lactones) is 1. The second-order valence-electron chi connectivity index (χ2n) is 4.27. The number of likely N-dealkylation sites (N-methyl/N-ethyl adjacent to an activating group) is 1. The lowest BCUT2D eigenvalue weighted by Crippen LogP contribution is -2.43. The molecule has 0 aromatic rings. The second-order valence-corrected chi connectivity index (χ2v) is 4.27. The largest absolute Gasteiger partial charge is 0.441 e. The minimum Gasteiger partial charge on any atom is -0.441 e. The van der Waals surface area contributed by atoms with Crippen LogP contribution in [0.25, 0.3) is 0 Å². The van der Waals surface area contributed by atoms with Gasteiger partial charge in [0, 0.05) is 7.05 Å². The van der Waals surface area contributed by atoms with E-state index < -0.39 is 0 Å². The third kappa shape index (κ3) is 1.28. The fourth-order valence-corrected chi connectivity index (χ4v) is 2.19. The zero-order chi connectivity index (χ0) is 9.52. The molecule has 0 spiro atoms. The van der Waals surface area contributed by atoms with Crippen LogP contribution in [0.2, 0.25) is 0 Å². The van der Waals surface area contributed by atoms with Crippen molar-refractivity contribution in [2.45, 2.75) is 39.3 Å². The molecule has 0 radical (unpaired) electrons. The Balaban J connectivity index is 2.89. The number of hydrogen-bond acceptors (Lipinski definition) is 2. The summed E-state index contributed by atoms with van der Waals surface area (Å²) < 4.78 is 5.22. The fourth-order valence-electron chi connectivity index (χ4n) is 2.19. The van der Waals surface area contributed by atoms with Crippen molar-refractivity contribution in [1.29, 1.82) is 0 Å². The van der Waals surface area contributed by atoms with E-state index in [2.05, 4.69) is 13.8 Å². The molecule has 0 saturated carbocycles. The number of ether oxygens (including phenoxy) is 1. The average molecular weight is 171 g/mol. The summed E-state index contributed by atoms with van der Waals surface area (Å²) in [7, 11) is 1.79. The first-order chi connectivity index (χ1) is 5.36. The highest BCUT2D eigenvalue weighted by atomic mass is 16.6. The van der Waals surface area contributed by atoms with Gasteiger partial charge in [-0.1, -0.05) is 13.8 Å². The normalized spacial score (nSPS) is 28.0. The molecular formula is C9H17NO2. The van der Waals surface area contributed by atoms with Gasteiger partial charge in [-0.15, -0.1) is 0 Å². The number of nitrogens with zero attached hydrogens (tertiary/aromatic N) is 1. The first-order valence-corrected chi connectivity index (χ1v) is 4.32. The SMILES string of the molecule is CC(C)[C@@H]1N(C)C(=O)OC1(C)C. The molecule has 0 N–H and O–H groups in total. The highest BCUT2D eigenvalue weighted by Gasteiger charge is 2.47. The Bertz CT molecular complexity index is 199. The number of amides is 1. The summed E-state index contributed by atoms with van der Waals surface area (Å²) in [5.41, 5.74) is -0.347. The smallest absolute Gasteiger partial charge is 0.410 e. The lowest BCUT2D eigenvalue weighted by Gasteiger charge is -2.29. The maximum absolute atomic E-state index is 11.2. The lowest BCUT2D eigenvalue weighted by molar-refractivity contribution is 0.0561. The van der Waals surface area contributed by atoms with Crippen LogP contribution in [-0.4, -0.2) is 29.7 Å². The van der Waals surface area contributed by atoms with Crippen molar-refractivity contribution in [3.63, 3.8) is 0 Å². The highest BCUT2D eigenvalue weighted by Crippen LogP contribution is 2.32. The van der Waals surface area contributed by atoms with Crippen LogP contribution in [0, 0.1) is 5.92 Å². The lowest BCUT2D eigenvalue weighted by atomic mass is 9.89. The topological polar surface area (TPSA) is 29.5 Å². The van der Waals surface area contributed by atoms with Gasteiger partial charge >= 0.3 is 6.09 Å². The van der Waals surface area contributed by atoms with Crippen molar-refractivity contribution < 1.29 is 9.53 Å². The van der Waals surface area contributed by atoms with E-state index in [0.717, 1.165) is 0 Å². The van der Waals surface area contributed by atoms with Crippen molar-refractivity contribution >= 4 is 6.09 Å². The van der Waals surface area contributed by atoms with Gasteiger partial charge in [-0.05, 0) is 19.8 Å². The molecule has 0 unspecified atom stereocenters. The van der Waals surface area contributed by atoms with Gasteiger partial charge < -0.3 is 9.64 Å². The molecule has 3 nitrogen and oxygen atoms in total. The monoisotopic (exact) mass is 171 g/mol. The van der Waals surface area contributed by atoms with E-state index in [4.69, 9.17) is 4.74 Å². The quantitative estimate of drug-likeness (QED) is 0.602. The van der Waals surface area contributed by atoms with E-state index in [1.54, 1.807) is 11.9 Å². The van der Waals surface area contributed by atoms with Gasteiger partial charge in [0.05, 0.1) is 6.04 Å². The first kappa shape index (κ1) is 9.36. The van der Waals surface area contributed by atoms with Gasteiger partial charge in [0.2, 0.25) is 0 Å². The predicted octanol–water partition coefficient (Wildman–Crippen LogP) is 1.87. The molecule has 3 heteroatoms. The molecule has 1 saturated heterocycles. The summed E-state index contributed by atoms with van der Waals surface area (Å²) in [6.45, 7) is 8.12. The number of carbonyl (C=O) groups excluding carboxylic acids is 1. The second kappa shape index (κ2) is 2.64. The van der Waals surface area contributed by atoms with E-state index in [1.165, 1.54) is 0 Å². The van der Waals surface area contributed by atoms with Crippen molar-refractivity contribution in [2.24, 2.45) is 5.92 Å². The molecular weight excluding hydrogens is 154 g/mol. The highest BCUT2D eigenvalue weighted by molar-refractivity contribution is 5.71. The van der Waals surface area contributed by atoms with Crippen LogP contribution in [-0.2, 0) is 4.74 Å². The Kier molecular flexibility index (Phi) is 2.06. The van der Waals surface area contributed by atoms with E-state index >= 15 is 0 Å². The summed E-state index contributed by atoms with van der Waals surface area (Å²) in [4.78, 5) is 12.9. The summed E-state index contributed by atoms with van der Waals surface area (Å²) in [5, 5.41) is 0. The predicted molar refractivity (Wildman–Crippen MR) is 46.9 cm³/mol. The van der Waals surface area contributed by atoms with Gasteiger partial charge in [-0.25, -0.2) is 4.79 Å². The van der Waals surface area contributed by atoms with Crippen molar-refractivity contribution in [3.05, 3.63) is 0 Å². The molecule has 1 rings (SSSR count). The van der Waals surface area contributed by atoms with E-state index in [1.807, 2.05) is 13.8 Å². The van der Waals surface area contributed by atoms with Gasteiger partial charge in [-0.2, -0.15) is 0 Å². The van der Waals surface area contributed by atoms with Gasteiger partial charge in [-0.3, -0.25) is 0 Å². The van der Waals surface area contributed by atoms with Gasteiger partial charge in [0.25, 0.3) is 0 Å². The Hall–Kier alpha value is -0.730. The maximum Gasteiger partial charge on any atom is 0.410 e. The molecule has 70 valence electrons. The molecule has 1 fully saturated rings. The number of carbonyl (C=O) groups is 1. The Morgan fingerprint density at radius 3 is 2.17 bits per heavy atom. The molecule has 0 aromatic heterocycles. The zero-order valence-electron chi connectivity index (χ0n) is 8.42. The molecule has 1 atom stereocenters. The Morgan fingerprint density at radius 1 is 1.50 bits per heavy atom. The van der Waals surface area contributed by atoms with E-state index in [9.17, 15) is 4.79 Å². The summed E-state index contributed by atoms with van der Waals surface area (Å²) in [6.07, 6.45) is -0.210. The number of hydrogen-bond donors (Lipinski definition) is 0. The zero-order valence-corrected chi connectivity index (χ0v) is 8.42. The minimum absolute atomic E-state index is 0.185. The van der Waals surface area contributed by atoms with Gasteiger partial charge in [0.15, 0.2) is 0 Å². The Labute approximate surface area is 73.7 Å². The molecule has 0 bridgehead atoms.